The Labute approximate surface area is 187 Å². The van der Waals surface area contributed by atoms with Crippen LogP contribution in [-0.4, -0.2) is 5.91 Å². The van der Waals surface area contributed by atoms with Gasteiger partial charge in [0.25, 0.3) is 5.91 Å². The van der Waals surface area contributed by atoms with E-state index in [2.05, 4.69) is 12.2 Å². The third-order valence-corrected chi connectivity index (χ3v) is 5.06. The Hall–Kier alpha value is -3.55. The van der Waals surface area contributed by atoms with E-state index in [0.717, 1.165) is 12.0 Å². The largest absolute Gasteiger partial charge is 0.487 e. The van der Waals surface area contributed by atoms with Crippen LogP contribution in [0.3, 0.4) is 0 Å². The van der Waals surface area contributed by atoms with Crippen molar-refractivity contribution in [2.24, 2.45) is 0 Å². The smallest absolute Gasteiger partial charge is 0.266 e. The molecule has 3 rings (SSSR count). The van der Waals surface area contributed by atoms with E-state index < -0.39 is 5.91 Å². The Morgan fingerprint density at radius 1 is 1.06 bits per heavy atom. The average Bonchev–Trinajstić information content (AvgIpc) is 2.78. The van der Waals surface area contributed by atoms with Crippen molar-refractivity contribution >= 4 is 29.3 Å². The molecule has 0 atom stereocenters. The molecule has 0 spiro atoms. The van der Waals surface area contributed by atoms with Crippen LogP contribution in [0.4, 0.5) is 5.69 Å². The number of ether oxygens (including phenoxy) is 1. The molecule has 31 heavy (non-hydrogen) atoms. The third-order valence-electron chi connectivity index (χ3n) is 4.77. The molecule has 0 radical (unpaired) electrons. The lowest BCUT2D eigenvalue weighted by Gasteiger charge is -2.09. The molecule has 3 aromatic carbocycles. The van der Waals surface area contributed by atoms with E-state index >= 15 is 0 Å². The molecule has 0 saturated carbocycles. The first kappa shape index (κ1) is 22.1. The Balaban J connectivity index is 1.68. The molecule has 0 heterocycles. The van der Waals surface area contributed by atoms with E-state index in [0.29, 0.717) is 28.6 Å². The Morgan fingerprint density at radius 3 is 2.35 bits per heavy atom. The van der Waals surface area contributed by atoms with Gasteiger partial charge in [0.1, 0.15) is 24.0 Å². The van der Waals surface area contributed by atoms with Crippen LogP contribution in [0.15, 0.2) is 72.3 Å². The first-order valence-electron chi connectivity index (χ1n) is 9.98. The highest BCUT2D eigenvalue weighted by atomic mass is 35.5. The van der Waals surface area contributed by atoms with Gasteiger partial charge in [0.05, 0.1) is 5.02 Å². The summed E-state index contributed by atoms with van der Waals surface area (Å²) in [6, 6.07) is 22.7. The molecule has 3 aromatic rings. The molecule has 1 N–H and O–H groups in total. The molecule has 5 heteroatoms. The summed E-state index contributed by atoms with van der Waals surface area (Å²) in [6.07, 6.45) is 2.43. The number of benzene rings is 3. The second-order valence-electron chi connectivity index (χ2n) is 7.14. The lowest BCUT2D eigenvalue weighted by Crippen LogP contribution is -2.13. The highest BCUT2D eigenvalue weighted by Crippen LogP contribution is 2.27. The quantitative estimate of drug-likeness (QED) is 0.351. The minimum Gasteiger partial charge on any atom is -0.487 e. The number of hydrogen-bond acceptors (Lipinski definition) is 3. The minimum absolute atomic E-state index is 0.0102. The van der Waals surface area contributed by atoms with Crippen LogP contribution in [-0.2, 0) is 17.8 Å². The monoisotopic (exact) mass is 430 g/mol. The van der Waals surface area contributed by atoms with Crippen LogP contribution in [0.1, 0.15) is 29.2 Å². The summed E-state index contributed by atoms with van der Waals surface area (Å²) in [6.45, 7) is 4.50. The summed E-state index contributed by atoms with van der Waals surface area (Å²) < 4.78 is 5.80. The van der Waals surface area contributed by atoms with Crippen molar-refractivity contribution < 1.29 is 9.53 Å². The number of nitrogens with zero attached hydrogens (tertiary/aromatic N) is 1. The summed E-state index contributed by atoms with van der Waals surface area (Å²) in [7, 11) is 0. The van der Waals surface area contributed by atoms with Gasteiger partial charge in [-0.2, -0.15) is 5.26 Å². The molecule has 0 aromatic heterocycles. The fraction of sp³-hybridized carbons (Fsp3) is 0.154. The zero-order valence-electron chi connectivity index (χ0n) is 17.5. The number of amides is 1. The molecule has 0 aliphatic carbocycles. The van der Waals surface area contributed by atoms with E-state index in [1.165, 1.54) is 17.2 Å². The van der Waals surface area contributed by atoms with Gasteiger partial charge < -0.3 is 10.1 Å². The Bertz CT molecular complexity index is 1130. The molecule has 0 fully saturated rings. The number of carbonyl (C=O) groups is 1. The number of nitriles is 1. The van der Waals surface area contributed by atoms with E-state index in [1.807, 2.05) is 61.5 Å². The standard InChI is InChI=1S/C26H23ClN2O2/c1-3-19-8-11-23(12-9-19)29-26(30)22(16-28)14-21-10-13-25(24(27)15-21)31-17-20-6-4-18(2)5-7-20/h4-15H,3,17H2,1-2H3,(H,29,30)/b22-14+. The lowest BCUT2D eigenvalue weighted by atomic mass is 10.1. The maximum absolute atomic E-state index is 12.5. The number of nitrogens with one attached hydrogen (secondary N) is 1. The van der Waals surface area contributed by atoms with E-state index in [9.17, 15) is 10.1 Å². The molecule has 4 nitrogen and oxygen atoms in total. The maximum Gasteiger partial charge on any atom is 0.266 e. The highest BCUT2D eigenvalue weighted by molar-refractivity contribution is 6.32. The molecule has 156 valence electrons. The van der Waals surface area contributed by atoms with Gasteiger partial charge in [-0.25, -0.2) is 0 Å². The summed E-state index contributed by atoms with van der Waals surface area (Å²) in [5, 5.41) is 12.6. The predicted octanol–water partition coefficient (Wildman–Crippen LogP) is 6.34. The fourth-order valence-electron chi connectivity index (χ4n) is 2.91. The number of halogens is 1. The molecule has 0 aliphatic rings. The molecule has 0 saturated heterocycles. The van der Waals surface area contributed by atoms with Crippen molar-refractivity contribution in [3.05, 3.63) is 99.6 Å². The van der Waals surface area contributed by atoms with Crippen molar-refractivity contribution in [1.82, 2.24) is 0 Å². The molecule has 0 unspecified atom stereocenters. The van der Waals surface area contributed by atoms with Crippen molar-refractivity contribution in [3.8, 4) is 11.8 Å². The van der Waals surface area contributed by atoms with Crippen LogP contribution < -0.4 is 10.1 Å². The second kappa shape index (κ2) is 10.5. The molecular weight excluding hydrogens is 408 g/mol. The van der Waals surface area contributed by atoms with Gasteiger partial charge in [0.2, 0.25) is 0 Å². The van der Waals surface area contributed by atoms with Gasteiger partial charge >= 0.3 is 0 Å². The zero-order chi connectivity index (χ0) is 22.2. The Morgan fingerprint density at radius 2 is 1.74 bits per heavy atom. The second-order valence-corrected chi connectivity index (χ2v) is 7.55. The van der Waals surface area contributed by atoms with Crippen molar-refractivity contribution in [3.63, 3.8) is 0 Å². The summed E-state index contributed by atoms with van der Waals surface area (Å²) in [5.74, 6) is 0.0703. The van der Waals surface area contributed by atoms with Crippen molar-refractivity contribution in [2.75, 3.05) is 5.32 Å². The predicted molar refractivity (Wildman–Crippen MR) is 125 cm³/mol. The Kier molecular flexibility index (Phi) is 7.48. The molecule has 1 amide bonds. The van der Waals surface area contributed by atoms with Crippen LogP contribution >= 0.6 is 11.6 Å². The SMILES string of the molecule is CCc1ccc(NC(=O)/C(C#N)=C/c2ccc(OCc3ccc(C)cc3)c(Cl)c2)cc1. The summed E-state index contributed by atoms with van der Waals surface area (Å²) in [4.78, 5) is 12.5. The van der Waals surface area contributed by atoms with Crippen molar-refractivity contribution in [2.45, 2.75) is 26.9 Å². The van der Waals surface area contributed by atoms with Gasteiger partial charge in [-0.05, 0) is 60.4 Å². The topological polar surface area (TPSA) is 62.1 Å². The van der Waals surface area contributed by atoms with Gasteiger partial charge in [0.15, 0.2) is 0 Å². The van der Waals surface area contributed by atoms with Crippen LogP contribution in [0.5, 0.6) is 5.75 Å². The van der Waals surface area contributed by atoms with Gasteiger partial charge in [-0.1, -0.05) is 66.6 Å². The van der Waals surface area contributed by atoms with E-state index in [1.54, 1.807) is 18.2 Å². The molecular formula is C26H23ClN2O2. The van der Waals surface area contributed by atoms with Crippen molar-refractivity contribution in [1.29, 1.82) is 5.26 Å². The average molecular weight is 431 g/mol. The zero-order valence-corrected chi connectivity index (χ0v) is 18.2. The fourth-order valence-corrected chi connectivity index (χ4v) is 3.15. The summed E-state index contributed by atoms with van der Waals surface area (Å²) in [5.41, 5.74) is 4.67. The van der Waals surface area contributed by atoms with Gasteiger partial charge in [-0.15, -0.1) is 0 Å². The van der Waals surface area contributed by atoms with Gasteiger partial charge in [0, 0.05) is 5.69 Å². The van der Waals surface area contributed by atoms with E-state index in [4.69, 9.17) is 16.3 Å². The number of anilines is 1. The van der Waals surface area contributed by atoms with Gasteiger partial charge in [-0.3, -0.25) is 4.79 Å². The number of carbonyl (C=O) groups excluding carboxylic acids is 1. The number of hydrogen-bond donors (Lipinski definition) is 1. The first-order chi connectivity index (χ1) is 15.0. The third kappa shape index (κ3) is 6.21. The van der Waals surface area contributed by atoms with Crippen LogP contribution in [0.25, 0.3) is 6.08 Å². The van der Waals surface area contributed by atoms with Crippen LogP contribution in [0.2, 0.25) is 5.02 Å². The minimum atomic E-state index is -0.470. The normalized spacial score (nSPS) is 11.0. The maximum atomic E-state index is 12.5. The number of rotatable bonds is 7. The molecule has 0 aliphatic heterocycles. The van der Waals surface area contributed by atoms with Crippen LogP contribution in [0, 0.1) is 18.3 Å². The molecule has 0 bridgehead atoms. The highest BCUT2D eigenvalue weighted by Gasteiger charge is 2.11. The lowest BCUT2D eigenvalue weighted by molar-refractivity contribution is -0.112. The summed E-state index contributed by atoms with van der Waals surface area (Å²) >= 11 is 6.35. The first-order valence-corrected chi connectivity index (χ1v) is 10.4. The van der Waals surface area contributed by atoms with E-state index in [-0.39, 0.29) is 5.57 Å². The number of aryl methyl sites for hydroxylation is 2.